The van der Waals surface area contributed by atoms with Crippen LogP contribution in [0.1, 0.15) is 19.3 Å². The lowest BCUT2D eigenvalue weighted by Crippen LogP contribution is -2.29. The van der Waals surface area contributed by atoms with E-state index in [2.05, 4.69) is 15.3 Å². The van der Waals surface area contributed by atoms with Crippen LogP contribution in [-0.4, -0.2) is 40.4 Å². The van der Waals surface area contributed by atoms with Gasteiger partial charge in [0.25, 0.3) is 0 Å². The minimum absolute atomic E-state index is 0.121. The number of amides is 1. The van der Waals surface area contributed by atoms with Crippen LogP contribution in [0.3, 0.4) is 0 Å². The van der Waals surface area contributed by atoms with Crippen molar-refractivity contribution in [2.75, 3.05) is 30.7 Å². The van der Waals surface area contributed by atoms with E-state index < -0.39 is 0 Å². The van der Waals surface area contributed by atoms with Gasteiger partial charge < -0.3 is 16.0 Å². The Hall–Kier alpha value is -1.56. The molecule has 2 rings (SSSR count). The van der Waals surface area contributed by atoms with Gasteiger partial charge in [0.1, 0.15) is 11.0 Å². The first-order chi connectivity index (χ1) is 8.65. The number of nitrogens with zero attached hydrogens (tertiary/aromatic N) is 3. The van der Waals surface area contributed by atoms with Gasteiger partial charge in [0.15, 0.2) is 0 Å². The number of likely N-dealkylation sites (tertiary alicyclic amines) is 1. The number of anilines is 2. The van der Waals surface area contributed by atoms with E-state index in [1.54, 1.807) is 6.07 Å². The molecular formula is C11H16ClN5O. The molecule has 3 N–H and O–H groups in total. The maximum Gasteiger partial charge on any atom is 0.224 e. The van der Waals surface area contributed by atoms with Crippen LogP contribution >= 0.6 is 11.6 Å². The molecule has 18 heavy (non-hydrogen) atoms. The van der Waals surface area contributed by atoms with Gasteiger partial charge in [0.2, 0.25) is 11.9 Å². The Balaban J connectivity index is 1.79. The van der Waals surface area contributed by atoms with Crippen LogP contribution in [-0.2, 0) is 4.79 Å². The molecule has 1 aromatic heterocycles. The summed E-state index contributed by atoms with van der Waals surface area (Å²) < 4.78 is 0. The number of aromatic nitrogens is 2. The first-order valence-corrected chi connectivity index (χ1v) is 6.34. The van der Waals surface area contributed by atoms with Crippen LogP contribution in [0, 0.1) is 0 Å². The fourth-order valence-corrected chi connectivity index (χ4v) is 2.14. The van der Waals surface area contributed by atoms with E-state index in [1.165, 1.54) is 0 Å². The van der Waals surface area contributed by atoms with Crippen molar-refractivity contribution in [1.82, 2.24) is 14.9 Å². The average Bonchev–Trinajstić information content (AvgIpc) is 2.80. The van der Waals surface area contributed by atoms with E-state index in [1.807, 2.05) is 4.90 Å². The minimum Gasteiger partial charge on any atom is -0.369 e. The van der Waals surface area contributed by atoms with Crippen molar-refractivity contribution in [3.8, 4) is 0 Å². The number of nitrogen functional groups attached to an aromatic ring is 1. The van der Waals surface area contributed by atoms with Crippen LogP contribution in [0.5, 0.6) is 0 Å². The molecule has 0 aliphatic carbocycles. The van der Waals surface area contributed by atoms with Gasteiger partial charge in [-0.3, -0.25) is 4.79 Å². The molecule has 1 saturated heterocycles. The second kappa shape index (κ2) is 5.86. The number of nitrogens with two attached hydrogens (primary N) is 1. The number of hydrogen-bond donors (Lipinski definition) is 2. The molecule has 0 atom stereocenters. The van der Waals surface area contributed by atoms with Gasteiger partial charge in [-0.05, 0) is 12.8 Å². The van der Waals surface area contributed by atoms with E-state index in [0.717, 1.165) is 25.9 Å². The van der Waals surface area contributed by atoms with Crippen LogP contribution < -0.4 is 11.1 Å². The first-order valence-electron chi connectivity index (χ1n) is 5.97. The molecule has 1 amide bonds. The summed E-state index contributed by atoms with van der Waals surface area (Å²) in [6, 6.07) is 1.58. The summed E-state index contributed by atoms with van der Waals surface area (Å²) in [6.45, 7) is 2.28. The van der Waals surface area contributed by atoms with Gasteiger partial charge in [-0.25, -0.2) is 4.98 Å². The highest BCUT2D eigenvalue weighted by Gasteiger charge is 2.17. The summed E-state index contributed by atoms with van der Waals surface area (Å²) in [5.41, 5.74) is 5.47. The van der Waals surface area contributed by atoms with Gasteiger partial charge in [-0.1, -0.05) is 11.6 Å². The Labute approximate surface area is 111 Å². The summed E-state index contributed by atoms with van der Waals surface area (Å²) in [4.78, 5) is 21.4. The maximum absolute atomic E-state index is 11.8. The zero-order chi connectivity index (χ0) is 13.0. The second-order valence-corrected chi connectivity index (χ2v) is 4.59. The molecule has 0 spiro atoms. The molecule has 1 aliphatic heterocycles. The SMILES string of the molecule is Nc1nc(Cl)cc(NCCC(=O)N2CCCC2)n1. The third-order valence-corrected chi connectivity index (χ3v) is 3.01. The summed E-state index contributed by atoms with van der Waals surface area (Å²) in [7, 11) is 0. The van der Waals surface area contributed by atoms with Crippen LogP contribution in [0.15, 0.2) is 6.07 Å². The highest BCUT2D eigenvalue weighted by atomic mass is 35.5. The van der Waals surface area contributed by atoms with Gasteiger partial charge >= 0.3 is 0 Å². The molecule has 0 aromatic carbocycles. The molecular weight excluding hydrogens is 254 g/mol. The normalized spacial score (nSPS) is 14.8. The Bertz CT molecular complexity index is 413. The van der Waals surface area contributed by atoms with Crippen molar-refractivity contribution >= 4 is 29.3 Å². The lowest BCUT2D eigenvalue weighted by atomic mass is 10.3. The maximum atomic E-state index is 11.8. The van der Waals surface area contributed by atoms with Gasteiger partial charge in [-0.2, -0.15) is 4.98 Å². The van der Waals surface area contributed by atoms with Crippen LogP contribution in [0.2, 0.25) is 5.15 Å². The molecule has 0 saturated carbocycles. The molecule has 0 radical (unpaired) electrons. The van der Waals surface area contributed by atoms with E-state index in [9.17, 15) is 4.79 Å². The predicted molar refractivity (Wildman–Crippen MR) is 70.4 cm³/mol. The monoisotopic (exact) mass is 269 g/mol. The first kappa shape index (κ1) is 12.9. The molecule has 1 aliphatic rings. The van der Waals surface area contributed by atoms with Crippen molar-refractivity contribution < 1.29 is 4.79 Å². The fourth-order valence-electron chi connectivity index (χ4n) is 1.95. The number of carbonyl (C=O) groups excluding carboxylic acids is 1. The molecule has 1 fully saturated rings. The standard InChI is InChI=1S/C11H16ClN5O/c12-8-7-9(16-11(13)15-8)14-4-3-10(18)17-5-1-2-6-17/h7H,1-6H2,(H3,13,14,15,16). The number of halogens is 1. The zero-order valence-electron chi connectivity index (χ0n) is 10.0. The smallest absolute Gasteiger partial charge is 0.224 e. The van der Waals surface area contributed by atoms with Gasteiger partial charge in [0, 0.05) is 32.1 Å². The van der Waals surface area contributed by atoms with Crippen molar-refractivity contribution in [1.29, 1.82) is 0 Å². The highest BCUT2D eigenvalue weighted by Crippen LogP contribution is 2.13. The minimum atomic E-state index is 0.121. The van der Waals surface area contributed by atoms with Crippen LogP contribution in [0.4, 0.5) is 11.8 Å². The summed E-state index contributed by atoms with van der Waals surface area (Å²) >= 11 is 5.75. The molecule has 7 heteroatoms. The number of nitrogens with one attached hydrogen (secondary N) is 1. The van der Waals surface area contributed by atoms with Gasteiger partial charge in [0.05, 0.1) is 0 Å². The van der Waals surface area contributed by atoms with E-state index in [4.69, 9.17) is 17.3 Å². The predicted octanol–water partition coefficient (Wildman–Crippen LogP) is 1.14. The molecule has 0 bridgehead atoms. The average molecular weight is 270 g/mol. The molecule has 6 nitrogen and oxygen atoms in total. The molecule has 2 heterocycles. The fraction of sp³-hybridized carbons (Fsp3) is 0.545. The summed E-state index contributed by atoms with van der Waals surface area (Å²) in [5.74, 6) is 0.839. The van der Waals surface area contributed by atoms with E-state index in [-0.39, 0.29) is 17.0 Å². The Morgan fingerprint density at radius 3 is 2.83 bits per heavy atom. The lowest BCUT2D eigenvalue weighted by molar-refractivity contribution is -0.129. The Morgan fingerprint density at radius 1 is 1.44 bits per heavy atom. The molecule has 1 aromatic rings. The Morgan fingerprint density at radius 2 is 2.17 bits per heavy atom. The second-order valence-electron chi connectivity index (χ2n) is 4.20. The largest absolute Gasteiger partial charge is 0.369 e. The lowest BCUT2D eigenvalue weighted by Gasteiger charge is -2.15. The quantitative estimate of drug-likeness (QED) is 0.801. The van der Waals surface area contributed by atoms with E-state index in [0.29, 0.717) is 18.8 Å². The third kappa shape index (κ3) is 3.46. The van der Waals surface area contributed by atoms with Crippen LogP contribution in [0.25, 0.3) is 0 Å². The van der Waals surface area contributed by atoms with E-state index >= 15 is 0 Å². The van der Waals surface area contributed by atoms with Crippen molar-refractivity contribution in [2.24, 2.45) is 0 Å². The summed E-state index contributed by atoms with van der Waals surface area (Å²) in [5, 5.41) is 3.31. The zero-order valence-corrected chi connectivity index (χ0v) is 10.8. The topological polar surface area (TPSA) is 84.1 Å². The Kier molecular flexibility index (Phi) is 4.19. The van der Waals surface area contributed by atoms with Crippen molar-refractivity contribution in [2.45, 2.75) is 19.3 Å². The highest BCUT2D eigenvalue weighted by molar-refractivity contribution is 6.29. The number of hydrogen-bond acceptors (Lipinski definition) is 5. The molecule has 0 unspecified atom stereocenters. The van der Waals surface area contributed by atoms with Crippen molar-refractivity contribution in [3.63, 3.8) is 0 Å². The summed E-state index contributed by atoms with van der Waals surface area (Å²) in [6.07, 6.45) is 2.66. The number of rotatable bonds is 4. The molecule has 98 valence electrons. The van der Waals surface area contributed by atoms with Crippen molar-refractivity contribution in [3.05, 3.63) is 11.2 Å². The van der Waals surface area contributed by atoms with Gasteiger partial charge in [-0.15, -0.1) is 0 Å². The number of carbonyl (C=O) groups is 1. The third-order valence-electron chi connectivity index (χ3n) is 2.82.